The van der Waals surface area contributed by atoms with Crippen molar-refractivity contribution in [2.75, 3.05) is 19.8 Å². The van der Waals surface area contributed by atoms with Crippen molar-refractivity contribution in [3.63, 3.8) is 0 Å². The van der Waals surface area contributed by atoms with E-state index < -0.39 is 0 Å². The number of aromatic nitrogens is 2. The second kappa shape index (κ2) is 6.81. The summed E-state index contributed by atoms with van der Waals surface area (Å²) in [6.07, 6.45) is 5.35. The van der Waals surface area contributed by atoms with Crippen LogP contribution in [0.15, 0.2) is 12.3 Å². The first-order valence-electron chi connectivity index (χ1n) is 6.92. The molecule has 0 saturated carbocycles. The molecule has 2 unspecified atom stereocenters. The van der Waals surface area contributed by atoms with E-state index in [1.54, 1.807) is 0 Å². The van der Waals surface area contributed by atoms with Gasteiger partial charge < -0.3 is 10.1 Å². The highest BCUT2D eigenvalue weighted by Crippen LogP contribution is 2.27. The van der Waals surface area contributed by atoms with Gasteiger partial charge in [0.1, 0.15) is 5.82 Å². The van der Waals surface area contributed by atoms with Crippen molar-refractivity contribution >= 4 is 0 Å². The summed E-state index contributed by atoms with van der Waals surface area (Å²) >= 11 is 0. The number of ether oxygens (including phenoxy) is 1. The smallest absolute Gasteiger partial charge is 0.125 e. The van der Waals surface area contributed by atoms with Gasteiger partial charge in [-0.1, -0.05) is 6.92 Å². The molecule has 1 aliphatic heterocycles. The Kier molecular flexibility index (Phi) is 5.08. The molecule has 18 heavy (non-hydrogen) atoms. The van der Waals surface area contributed by atoms with Gasteiger partial charge in [0, 0.05) is 18.7 Å². The molecule has 4 heteroatoms. The van der Waals surface area contributed by atoms with Crippen LogP contribution in [-0.4, -0.2) is 29.7 Å². The summed E-state index contributed by atoms with van der Waals surface area (Å²) in [6, 6.07) is 2.32. The molecule has 1 aromatic rings. The SMILES string of the molecule is CCCNC(c1ccnc(C)n1)C1CCCOC1. The molecule has 2 heterocycles. The zero-order chi connectivity index (χ0) is 12.8. The highest BCUT2D eigenvalue weighted by molar-refractivity contribution is 5.09. The van der Waals surface area contributed by atoms with E-state index in [1.807, 2.05) is 19.2 Å². The topological polar surface area (TPSA) is 47.0 Å². The van der Waals surface area contributed by atoms with Gasteiger partial charge in [-0.15, -0.1) is 0 Å². The normalized spacial score (nSPS) is 21.8. The third-order valence-electron chi connectivity index (χ3n) is 3.40. The number of hydrogen-bond donors (Lipinski definition) is 1. The molecule has 0 amide bonds. The van der Waals surface area contributed by atoms with Crippen LogP contribution in [0.25, 0.3) is 0 Å². The van der Waals surface area contributed by atoms with Crippen LogP contribution in [0.2, 0.25) is 0 Å². The molecular formula is C14H23N3O. The molecule has 2 atom stereocenters. The molecule has 1 saturated heterocycles. The third-order valence-corrected chi connectivity index (χ3v) is 3.40. The van der Waals surface area contributed by atoms with Crippen LogP contribution in [0.5, 0.6) is 0 Å². The predicted molar refractivity (Wildman–Crippen MR) is 71.3 cm³/mol. The standard InChI is InChI=1S/C14H23N3O/c1-3-7-16-14(12-5-4-9-18-10-12)13-6-8-15-11(2)17-13/h6,8,12,14,16H,3-5,7,9-10H2,1-2H3. The lowest BCUT2D eigenvalue weighted by molar-refractivity contribution is 0.0383. The van der Waals surface area contributed by atoms with Gasteiger partial charge in [0.25, 0.3) is 0 Å². The van der Waals surface area contributed by atoms with Crippen LogP contribution in [0, 0.1) is 12.8 Å². The average molecular weight is 249 g/mol. The quantitative estimate of drug-likeness (QED) is 0.869. The fourth-order valence-electron chi connectivity index (χ4n) is 2.49. The molecule has 1 fully saturated rings. The maximum Gasteiger partial charge on any atom is 0.125 e. The fourth-order valence-corrected chi connectivity index (χ4v) is 2.49. The van der Waals surface area contributed by atoms with Crippen LogP contribution in [0.1, 0.15) is 43.7 Å². The summed E-state index contributed by atoms with van der Waals surface area (Å²) < 4.78 is 5.61. The van der Waals surface area contributed by atoms with E-state index >= 15 is 0 Å². The van der Waals surface area contributed by atoms with Crippen LogP contribution in [-0.2, 0) is 4.74 Å². The van der Waals surface area contributed by atoms with E-state index in [1.165, 1.54) is 6.42 Å². The van der Waals surface area contributed by atoms with E-state index in [-0.39, 0.29) is 0 Å². The Morgan fingerprint density at radius 2 is 2.44 bits per heavy atom. The van der Waals surface area contributed by atoms with Gasteiger partial charge in [0.15, 0.2) is 0 Å². The zero-order valence-corrected chi connectivity index (χ0v) is 11.4. The molecule has 2 rings (SSSR count). The molecular weight excluding hydrogens is 226 g/mol. The molecule has 100 valence electrons. The summed E-state index contributed by atoms with van der Waals surface area (Å²) in [5.74, 6) is 1.37. The van der Waals surface area contributed by atoms with E-state index in [0.29, 0.717) is 12.0 Å². The molecule has 0 bridgehead atoms. The Balaban J connectivity index is 2.12. The van der Waals surface area contributed by atoms with Crippen LogP contribution in [0.4, 0.5) is 0 Å². The van der Waals surface area contributed by atoms with Gasteiger partial charge in [-0.05, 0) is 38.8 Å². The summed E-state index contributed by atoms with van der Waals surface area (Å²) in [6.45, 7) is 6.89. The minimum atomic E-state index is 0.298. The van der Waals surface area contributed by atoms with Crippen LogP contribution < -0.4 is 5.32 Å². The highest BCUT2D eigenvalue weighted by atomic mass is 16.5. The Bertz CT molecular complexity index is 364. The van der Waals surface area contributed by atoms with Crippen molar-refractivity contribution in [3.05, 3.63) is 23.8 Å². The number of aryl methyl sites for hydroxylation is 1. The summed E-state index contributed by atoms with van der Waals surface area (Å²) in [5, 5.41) is 3.61. The highest BCUT2D eigenvalue weighted by Gasteiger charge is 2.26. The van der Waals surface area contributed by atoms with E-state index in [0.717, 1.165) is 44.1 Å². The zero-order valence-electron chi connectivity index (χ0n) is 11.4. The molecule has 1 aromatic heterocycles. The predicted octanol–water partition coefficient (Wildman–Crippen LogP) is 2.25. The number of nitrogens with zero attached hydrogens (tertiary/aromatic N) is 2. The second-order valence-electron chi connectivity index (χ2n) is 4.94. The Morgan fingerprint density at radius 1 is 1.56 bits per heavy atom. The Hall–Kier alpha value is -1.00. The first-order valence-corrected chi connectivity index (χ1v) is 6.92. The molecule has 0 aromatic carbocycles. The maximum absolute atomic E-state index is 5.61. The summed E-state index contributed by atoms with van der Waals surface area (Å²) in [7, 11) is 0. The van der Waals surface area contributed by atoms with Gasteiger partial charge in [0.2, 0.25) is 0 Å². The lowest BCUT2D eigenvalue weighted by atomic mass is 9.91. The first-order chi connectivity index (χ1) is 8.81. The van der Waals surface area contributed by atoms with E-state index in [9.17, 15) is 0 Å². The van der Waals surface area contributed by atoms with Crippen LogP contribution in [0.3, 0.4) is 0 Å². The molecule has 0 spiro atoms. The summed E-state index contributed by atoms with van der Waals surface area (Å²) in [4.78, 5) is 8.75. The van der Waals surface area contributed by atoms with Crippen LogP contribution >= 0.6 is 0 Å². The van der Waals surface area contributed by atoms with Gasteiger partial charge in [-0.25, -0.2) is 9.97 Å². The monoisotopic (exact) mass is 249 g/mol. The lowest BCUT2D eigenvalue weighted by Crippen LogP contribution is -2.34. The van der Waals surface area contributed by atoms with Gasteiger partial charge >= 0.3 is 0 Å². The maximum atomic E-state index is 5.61. The van der Waals surface area contributed by atoms with Crippen molar-refractivity contribution in [2.24, 2.45) is 5.92 Å². The van der Waals surface area contributed by atoms with E-state index in [4.69, 9.17) is 4.74 Å². The summed E-state index contributed by atoms with van der Waals surface area (Å²) in [5.41, 5.74) is 1.10. The van der Waals surface area contributed by atoms with E-state index in [2.05, 4.69) is 22.2 Å². The number of hydrogen-bond acceptors (Lipinski definition) is 4. The average Bonchev–Trinajstić information content (AvgIpc) is 2.40. The number of nitrogens with one attached hydrogen (secondary N) is 1. The van der Waals surface area contributed by atoms with Crippen molar-refractivity contribution < 1.29 is 4.74 Å². The third kappa shape index (κ3) is 3.50. The van der Waals surface area contributed by atoms with Crippen molar-refractivity contribution in [3.8, 4) is 0 Å². The largest absolute Gasteiger partial charge is 0.381 e. The van der Waals surface area contributed by atoms with Crippen molar-refractivity contribution in [1.82, 2.24) is 15.3 Å². The van der Waals surface area contributed by atoms with Crippen molar-refractivity contribution in [2.45, 2.75) is 39.2 Å². The second-order valence-corrected chi connectivity index (χ2v) is 4.94. The molecule has 4 nitrogen and oxygen atoms in total. The minimum Gasteiger partial charge on any atom is -0.381 e. The molecule has 1 N–H and O–H groups in total. The van der Waals surface area contributed by atoms with Gasteiger partial charge in [-0.2, -0.15) is 0 Å². The van der Waals surface area contributed by atoms with Gasteiger partial charge in [-0.3, -0.25) is 0 Å². The Morgan fingerprint density at radius 3 is 3.11 bits per heavy atom. The minimum absolute atomic E-state index is 0.298. The first kappa shape index (κ1) is 13.4. The Labute approximate surface area is 109 Å². The molecule has 1 aliphatic rings. The lowest BCUT2D eigenvalue weighted by Gasteiger charge is -2.30. The number of rotatable bonds is 5. The fraction of sp³-hybridized carbons (Fsp3) is 0.714. The van der Waals surface area contributed by atoms with Crippen molar-refractivity contribution in [1.29, 1.82) is 0 Å². The molecule has 0 radical (unpaired) electrons. The molecule has 0 aliphatic carbocycles. The van der Waals surface area contributed by atoms with Gasteiger partial charge in [0.05, 0.1) is 18.3 Å².